The van der Waals surface area contributed by atoms with Gasteiger partial charge in [-0.2, -0.15) is 0 Å². The molecule has 17 heavy (non-hydrogen) atoms. The Morgan fingerprint density at radius 2 is 1.94 bits per heavy atom. The maximum Gasteiger partial charge on any atom is 0.372 e. The van der Waals surface area contributed by atoms with Gasteiger partial charge in [-0.15, -0.1) is 0 Å². The van der Waals surface area contributed by atoms with Crippen LogP contribution < -0.4 is 0 Å². The second-order valence-electron chi connectivity index (χ2n) is 3.39. The van der Waals surface area contributed by atoms with Gasteiger partial charge in [0.1, 0.15) is 0 Å². The third kappa shape index (κ3) is 3.05. The van der Waals surface area contributed by atoms with Gasteiger partial charge in [0, 0.05) is 12.2 Å². The molecule has 0 aliphatic rings. The van der Waals surface area contributed by atoms with Crippen LogP contribution in [0.2, 0.25) is 0 Å². The summed E-state index contributed by atoms with van der Waals surface area (Å²) >= 11 is 0. The van der Waals surface area contributed by atoms with E-state index < -0.39 is 29.6 Å². The van der Waals surface area contributed by atoms with E-state index in [2.05, 4.69) is 4.42 Å². The molecule has 0 amide bonds. The zero-order chi connectivity index (χ0) is 13.0. The Morgan fingerprint density at radius 3 is 2.41 bits per heavy atom. The van der Waals surface area contributed by atoms with Gasteiger partial charge in [-0.05, 0) is 18.9 Å². The van der Waals surface area contributed by atoms with Crippen LogP contribution in [0.3, 0.4) is 0 Å². The summed E-state index contributed by atoms with van der Waals surface area (Å²) < 4.78 is 4.62. The number of hydrogen-bond acceptors (Lipinski definition) is 5. The van der Waals surface area contributed by atoms with Gasteiger partial charge in [-0.3, -0.25) is 0 Å². The molecule has 1 aromatic rings. The normalized spacial score (nSPS) is 12.4. The largest absolute Gasteiger partial charge is 0.475 e. The smallest absolute Gasteiger partial charge is 0.372 e. The summed E-state index contributed by atoms with van der Waals surface area (Å²) in [6, 6.07) is 0.980. The van der Waals surface area contributed by atoms with Crippen molar-refractivity contribution in [1.29, 1.82) is 0 Å². The van der Waals surface area contributed by atoms with Crippen molar-refractivity contribution < 1.29 is 34.4 Å². The predicted octanol–water partition coefficient (Wildman–Crippen LogP) is 0.482. The number of furan rings is 1. The van der Waals surface area contributed by atoms with Crippen molar-refractivity contribution >= 4 is 11.9 Å². The Hall–Kier alpha value is -1.86. The Balaban J connectivity index is 3.03. The molecule has 1 atom stereocenters. The van der Waals surface area contributed by atoms with E-state index in [-0.39, 0.29) is 25.0 Å². The highest BCUT2D eigenvalue weighted by molar-refractivity contribution is 5.90. The van der Waals surface area contributed by atoms with Crippen molar-refractivity contribution in [3.05, 3.63) is 23.2 Å². The quantitative estimate of drug-likeness (QED) is 0.572. The van der Waals surface area contributed by atoms with Crippen molar-refractivity contribution in [2.24, 2.45) is 0 Å². The lowest BCUT2D eigenvalue weighted by Gasteiger charge is -2.07. The van der Waals surface area contributed by atoms with Crippen molar-refractivity contribution in [3.63, 3.8) is 0 Å². The minimum atomic E-state index is -1.45. The molecule has 0 bridgehead atoms. The second-order valence-corrected chi connectivity index (χ2v) is 3.39. The molecule has 0 spiro atoms. The van der Waals surface area contributed by atoms with Gasteiger partial charge in [0.25, 0.3) is 0 Å². The van der Waals surface area contributed by atoms with Gasteiger partial charge in [0.15, 0.2) is 0 Å². The zero-order valence-electron chi connectivity index (χ0n) is 8.79. The molecule has 0 saturated carbocycles. The van der Waals surface area contributed by atoms with E-state index in [1.807, 2.05) is 0 Å². The number of aliphatic hydroxyl groups excluding tert-OH is 2. The number of hydrogen-bond donors (Lipinski definition) is 4. The van der Waals surface area contributed by atoms with Crippen LogP contribution in [0.1, 0.15) is 45.6 Å². The molecule has 7 nitrogen and oxygen atoms in total. The van der Waals surface area contributed by atoms with Crippen molar-refractivity contribution in [3.8, 4) is 0 Å². The Labute approximate surface area is 95.9 Å². The van der Waals surface area contributed by atoms with Crippen molar-refractivity contribution in [1.82, 2.24) is 0 Å². The van der Waals surface area contributed by atoms with Crippen LogP contribution >= 0.6 is 0 Å². The van der Waals surface area contributed by atoms with Crippen LogP contribution in [0.15, 0.2) is 10.5 Å². The molecule has 1 heterocycles. The standard InChI is InChI=1S/C10H12O7/c11-3-1-2-6(12)5-4-7(9(13)14)17-8(5)10(15)16/h4,6,11-12H,1-3H2,(H,13,14)(H,15,16). The SMILES string of the molecule is O=C(O)c1cc(C(O)CCCO)c(C(=O)O)o1. The van der Waals surface area contributed by atoms with Crippen molar-refractivity contribution in [2.75, 3.05) is 6.61 Å². The number of aromatic carboxylic acids is 2. The highest BCUT2D eigenvalue weighted by Crippen LogP contribution is 2.25. The molecule has 7 heteroatoms. The summed E-state index contributed by atoms with van der Waals surface area (Å²) in [5.74, 6) is -3.99. The third-order valence-electron chi connectivity index (χ3n) is 2.16. The Morgan fingerprint density at radius 1 is 1.29 bits per heavy atom. The monoisotopic (exact) mass is 244 g/mol. The number of carboxylic acids is 2. The highest BCUT2D eigenvalue weighted by Gasteiger charge is 2.25. The maximum atomic E-state index is 10.8. The van der Waals surface area contributed by atoms with E-state index in [1.165, 1.54) is 0 Å². The molecule has 0 aliphatic carbocycles. The molecular formula is C10H12O7. The maximum absolute atomic E-state index is 10.8. The van der Waals surface area contributed by atoms with Gasteiger partial charge in [0.2, 0.25) is 11.5 Å². The molecule has 0 fully saturated rings. The van der Waals surface area contributed by atoms with Crippen LogP contribution in [-0.4, -0.2) is 39.0 Å². The summed E-state index contributed by atoms with van der Waals surface area (Å²) in [6.07, 6.45) is -0.784. The molecule has 0 aliphatic heterocycles. The highest BCUT2D eigenvalue weighted by atomic mass is 16.4. The number of carboxylic acid groups (broad SMARTS) is 2. The fraction of sp³-hybridized carbons (Fsp3) is 0.400. The van der Waals surface area contributed by atoms with E-state index >= 15 is 0 Å². The average Bonchev–Trinajstić information content (AvgIpc) is 2.70. The summed E-state index contributed by atoms with van der Waals surface area (Å²) in [5, 5.41) is 35.7. The van der Waals surface area contributed by atoms with Crippen LogP contribution in [0.25, 0.3) is 0 Å². The first kappa shape index (κ1) is 13.2. The number of rotatable bonds is 6. The summed E-state index contributed by atoms with van der Waals surface area (Å²) in [6.45, 7) is -0.150. The molecule has 1 aromatic heterocycles. The third-order valence-corrected chi connectivity index (χ3v) is 2.16. The van der Waals surface area contributed by atoms with Crippen LogP contribution in [-0.2, 0) is 0 Å². The van der Waals surface area contributed by atoms with Crippen LogP contribution in [0, 0.1) is 0 Å². The summed E-state index contributed by atoms with van der Waals surface area (Å²) in [4.78, 5) is 21.4. The Bertz CT molecular complexity index is 420. The average molecular weight is 244 g/mol. The zero-order valence-corrected chi connectivity index (χ0v) is 8.79. The van der Waals surface area contributed by atoms with Crippen molar-refractivity contribution in [2.45, 2.75) is 18.9 Å². The lowest BCUT2D eigenvalue weighted by Crippen LogP contribution is -2.04. The molecule has 0 aromatic carbocycles. The van der Waals surface area contributed by atoms with E-state index in [0.717, 1.165) is 6.07 Å². The van der Waals surface area contributed by atoms with Gasteiger partial charge in [0.05, 0.1) is 6.10 Å². The second kappa shape index (κ2) is 5.46. The van der Waals surface area contributed by atoms with Crippen LogP contribution in [0.4, 0.5) is 0 Å². The molecule has 1 unspecified atom stereocenters. The fourth-order valence-electron chi connectivity index (χ4n) is 1.37. The number of aliphatic hydroxyl groups is 2. The predicted molar refractivity (Wildman–Crippen MR) is 53.9 cm³/mol. The van der Waals surface area contributed by atoms with Gasteiger partial charge >= 0.3 is 11.9 Å². The van der Waals surface area contributed by atoms with Gasteiger partial charge in [-0.1, -0.05) is 0 Å². The molecule has 94 valence electrons. The number of carbonyl (C=O) groups is 2. The lowest BCUT2D eigenvalue weighted by atomic mass is 10.1. The minimum absolute atomic E-state index is 0.0941. The Kier molecular flexibility index (Phi) is 4.24. The van der Waals surface area contributed by atoms with E-state index in [9.17, 15) is 14.7 Å². The summed E-state index contributed by atoms with van der Waals surface area (Å²) in [7, 11) is 0. The molecule has 0 radical (unpaired) electrons. The van der Waals surface area contributed by atoms with Gasteiger partial charge < -0.3 is 24.8 Å². The van der Waals surface area contributed by atoms with E-state index in [1.54, 1.807) is 0 Å². The lowest BCUT2D eigenvalue weighted by molar-refractivity contribution is 0.0625. The van der Waals surface area contributed by atoms with E-state index in [0.29, 0.717) is 0 Å². The van der Waals surface area contributed by atoms with E-state index in [4.69, 9.17) is 15.3 Å². The first-order valence-electron chi connectivity index (χ1n) is 4.86. The minimum Gasteiger partial charge on any atom is -0.475 e. The molecule has 4 N–H and O–H groups in total. The summed E-state index contributed by atoms with van der Waals surface area (Å²) in [5.41, 5.74) is -0.0941. The first-order valence-corrected chi connectivity index (χ1v) is 4.86. The fourth-order valence-corrected chi connectivity index (χ4v) is 1.37. The van der Waals surface area contributed by atoms with Gasteiger partial charge in [-0.25, -0.2) is 9.59 Å². The molecular weight excluding hydrogens is 232 g/mol. The van der Waals surface area contributed by atoms with Crippen LogP contribution in [0.5, 0.6) is 0 Å². The molecule has 0 saturated heterocycles. The first-order chi connectivity index (χ1) is 7.97. The topological polar surface area (TPSA) is 128 Å². The molecule has 1 rings (SSSR count).